The fourth-order valence-corrected chi connectivity index (χ4v) is 1.56. The first-order valence-electron chi connectivity index (χ1n) is 5.87. The van der Waals surface area contributed by atoms with Gasteiger partial charge in [0.05, 0.1) is 0 Å². The molecule has 6 nitrogen and oxygen atoms in total. The highest BCUT2D eigenvalue weighted by Gasteiger charge is 2.17. The molecule has 0 atom stereocenters. The van der Waals surface area contributed by atoms with Crippen molar-refractivity contribution < 1.29 is 4.79 Å². The van der Waals surface area contributed by atoms with Crippen LogP contribution in [0.15, 0.2) is 0 Å². The van der Waals surface area contributed by atoms with E-state index >= 15 is 0 Å². The van der Waals surface area contributed by atoms with Gasteiger partial charge >= 0.3 is 0 Å². The van der Waals surface area contributed by atoms with Crippen LogP contribution in [-0.4, -0.2) is 64.6 Å². The van der Waals surface area contributed by atoms with Gasteiger partial charge in [-0.15, -0.1) is 5.10 Å². The number of nitrogens with zero attached hydrogens (tertiary/aromatic N) is 4. The molecule has 1 N–H and O–H groups in total. The molecular formula is C11H21N5O. The fraction of sp³-hybridized carbons (Fsp3) is 0.727. The summed E-state index contributed by atoms with van der Waals surface area (Å²) in [4.78, 5) is 20.0. The Morgan fingerprint density at radius 2 is 2.06 bits per heavy atom. The van der Waals surface area contributed by atoms with E-state index in [0.29, 0.717) is 12.4 Å². The first-order chi connectivity index (χ1) is 8.04. The van der Waals surface area contributed by atoms with Crippen LogP contribution in [-0.2, 0) is 0 Å². The van der Waals surface area contributed by atoms with E-state index in [1.807, 2.05) is 21.0 Å². The molecule has 0 fully saturated rings. The van der Waals surface area contributed by atoms with E-state index in [1.54, 1.807) is 11.8 Å². The molecule has 1 aromatic rings. The molecular weight excluding hydrogens is 218 g/mol. The van der Waals surface area contributed by atoms with Crippen molar-refractivity contribution in [3.63, 3.8) is 0 Å². The van der Waals surface area contributed by atoms with Crippen LogP contribution in [0.5, 0.6) is 0 Å². The molecule has 0 aliphatic heterocycles. The Labute approximate surface area is 102 Å². The lowest BCUT2D eigenvalue weighted by molar-refractivity contribution is 0.0747. The SMILES string of the molecule is CCN(CCCN(C)C)C(=O)c1n[nH]c(C)n1. The largest absolute Gasteiger partial charge is 0.336 e. The first kappa shape index (κ1) is 13.6. The summed E-state index contributed by atoms with van der Waals surface area (Å²) < 4.78 is 0. The van der Waals surface area contributed by atoms with Crippen molar-refractivity contribution in [2.24, 2.45) is 0 Å². The number of hydrogen-bond donors (Lipinski definition) is 1. The van der Waals surface area contributed by atoms with E-state index in [2.05, 4.69) is 20.1 Å². The predicted octanol–water partition coefficient (Wildman–Crippen LogP) is 0.527. The first-order valence-corrected chi connectivity index (χ1v) is 5.87. The van der Waals surface area contributed by atoms with Gasteiger partial charge < -0.3 is 9.80 Å². The highest BCUT2D eigenvalue weighted by atomic mass is 16.2. The summed E-state index contributed by atoms with van der Waals surface area (Å²) in [5.41, 5.74) is 0. The molecule has 1 amide bonds. The Balaban J connectivity index is 2.52. The third-order valence-electron chi connectivity index (χ3n) is 2.49. The van der Waals surface area contributed by atoms with Gasteiger partial charge in [-0.1, -0.05) is 0 Å². The number of carbonyl (C=O) groups is 1. The van der Waals surface area contributed by atoms with Gasteiger partial charge in [0, 0.05) is 13.1 Å². The molecule has 0 aliphatic rings. The van der Waals surface area contributed by atoms with Gasteiger partial charge in [0.25, 0.3) is 5.91 Å². The lowest BCUT2D eigenvalue weighted by Gasteiger charge is -2.20. The van der Waals surface area contributed by atoms with Gasteiger partial charge in [-0.2, -0.15) is 0 Å². The van der Waals surface area contributed by atoms with Crippen molar-refractivity contribution in [3.05, 3.63) is 11.6 Å². The molecule has 0 saturated carbocycles. The fourth-order valence-electron chi connectivity index (χ4n) is 1.56. The standard InChI is InChI=1S/C11H21N5O/c1-5-16(8-6-7-15(3)4)11(17)10-12-9(2)13-14-10/h5-8H2,1-4H3,(H,12,13,14). The zero-order chi connectivity index (χ0) is 12.8. The molecule has 1 aromatic heterocycles. The van der Waals surface area contributed by atoms with Gasteiger partial charge in [0.15, 0.2) is 0 Å². The monoisotopic (exact) mass is 239 g/mol. The average Bonchev–Trinajstić information content (AvgIpc) is 2.70. The molecule has 0 unspecified atom stereocenters. The third kappa shape index (κ3) is 4.14. The van der Waals surface area contributed by atoms with E-state index in [4.69, 9.17) is 0 Å². The Morgan fingerprint density at radius 1 is 1.35 bits per heavy atom. The third-order valence-corrected chi connectivity index (χ3v) is 2.49. The molecule has 6 heteroatoms. The number of H-pyrrole nitrogens is 1. The van der Waals surface area contributed by atoms with Crippen LogP contribution in [0.1, 0.15) is 29.8 Å². The van der Waals surface area contributed by atoms with Gasteiger partial charge in [0.1, 0.15) is 5.82 Å². The second-order valence-electron chi connectivity index (χ2n) is 4.29. The van der Waals surface area contributed by atoms with E-state index in [-0.39, 0.29) is 11.7 Å². The molecule has 0 spiro atoms. The lowest BCUT2D eigenvalue weighted by Crippen LogP contribution is -2.34. The van der Waals surface area contributed by atoms with E-state index < -0.39 is 0 Å². The van der Waals surface area contributed by atoms with Crippen molar-refractivity contribution in [3.8, 4) is 0 Å². The second kappa shape index (κ2) is 6.34. The number of rotatable bonds is 6. The number of carbonyl (C=O) groups excluding carboxylic acids is 1. The highest BCUT2D eigenvalue weighted by Crippen LogP contribution is 2.01. The molecule has 0 aliphatic carbocycles. The lowest BCUT2D eigenvalue weighted by atomic mass is 10.3. The van der Waals surface area contributed by atoms with Crippen LogP contribution in [0.2, 0.25) is 0 Å². The topological polar surface area (TPSA) is 65.1 Å². The zero-order valence-electron chi connectivity index (χ0n) is 11.0. The van der Waals surface area contributed by atoms with Gasteiger partial charge in [-0.05, 0) is 40.9 Å². The molecule has 96 valence electrons. The van der Waals surface area contributed by atoms with E-state index in [9.17, 15) is 4.79 Å². The number of hydrogen-bond acceptors (Lipinski definition) is 4. The molecule has 0 saturated heterocycles. The Bertz CT molecular complexity index is 360. The van der Waals surface area contributed by atoms with Crippen molar-refractivity contribution in [1.82, 2.24) is 25.0 Å². The minimum Gasteiger partial charge on any atom is -0.336 e. The maximum Gasteiger partial charge on any atom is 0.293 e. The van der Waals surface area contributed by atoms with Crippen LogP contribution in [0, 0.1) is 6.92 Å². The molecule has 1 heterocycles. The number of aromatic nitrogens is 3. The number of nitrogens with one attached hydrogen (secondary N) is 1. The smallest absolute Gasteiger partial charge is 0.293 e. The molecule has 17 heavy (non-hydrogen) atoms. The summed E-state index contributed by atoms with van der Waals surface area (Å²) in [5.74, 6) is 0.822. The van der Waals surface area contributed by atoms with Gasteiger partial charge in [-0.3, -0.25) is 9.89 Å². The molecule has 0 aromatic carbocycles. The number of aromatic amines is 1. The summed E-state index contributed by atoms with van der Waals surface area (Å²) in [5, 5.41) is 6.58. The van der Waals surface area contributed by atoms with Crippen LogP contribution in [0.3, 0.4) is 0 Å². The van der Waals surface area contributed by atoms with Crippen molar-refractivity contribution in [1.29, 1.82) is 0 Å². The van der Waals surface area contributed by atoms with Crippen molar-refractivity contribution >= 4 is 5.91 Å². The van der Waals surface area contributed by atoms with Crippen LogP contribution >= 0.6 is 0 Å². The number of aryl methyl sites for hydroxylation is 1. The van der Waals surface area contributed by atoms with E-state index in [1.165, 1.54) is 0 Å². The zero-order valence-corrected chi connectivity index (χ0v) is 11.0. The van der Waals surface area contributed by atoms with E-state index in [0.717, 1.165) is 19.5 Å². The molecule has 0 bridgehead atoms. The van der Waals surface area contributed by atoms with Crippen LogP contribution in [0.4, 0.5) is 0 Å². The summed E-state index contributed by atoms with van der Waals surface area (Å²) >= 11 is 0. The van der Waals surface area contributed by atoms with Crippen molar-refractivity contribution in [2.75, 3.05) is 33.7 Å². The quantitative estimate of drug-likeness (QED) is 0.786. The summed E-state index contributed by atoms with van der Waals surface area (Å²) in [6.07, 6.45) is 0.954. The van der Waals surface area contributed by atoms with Gasteiger partial charge in [0.2, 0.25) is 5.82 Å². The minimum absolute atomic E-state index is 0.101. The maximum atomic E-state index is 12.0. The van der Waals surface area contributed by atoms with Crippen LogP contribution < -0.4 is 0 Å². The van der Waals surface area contributed by atoms with Crippen molar-refractivity contribution in [2.45, 2.75) is 20.3 Å². The highest BCUT2D eigenvalue weighted by molar-refractivity contribution is 5.90. The molecule has 1 rings (SSSR count). The molecule has 0 radical (unpaired) electrons. The van der Waals surface area contributed by atoms with Crippen LogP contribution in [0.25, 0.3) is 0 Å². The van der Waals surface area contributed by atoms with Gasteiger partial charge in [-0.25, -0.2) is 4.98 Å². The number of amides is 1. The average molecular weight is 239 g/mol. The Kier molecular flexibility index (Phi) is 5.09. The Hall–Kier alpha value is -1.43. The predicted molar refractivity (Wildman–Crippen MR) is 65.9 cm³/mol. The summed E-state index contributed by atoms with van der Waals surface area (Å²) in [6.45, 7) is 6.14. The second-order valence-corrected chi connectivity index (χ2v) is 4.29. The Morgan fingerprint density at radius 3 is 2.53 bits per heavy atom. The normalized spacial score (nSPS) is 10.9. The summed E-state index contributed by atoms with van der Waals surface area (Å²) in [7, 11) is 4.05. The minimum atomic E-state index is -0.101. The summed E-state index contributed by atoms with van der Waals surface area (Å²) in [6, 6.07) is 0. The maximum absolute atomic E-state index is 12.0.